The van der Waals surface area contributed by atoms with Crippen LogP contribution in [0.15, 0.2) is 0 Å². The molecular formula is C13H22N2O3S. The highest BCUT2D eigenvalue weighted by Gasteiger charge is 2.46. The van der Waals surface area contributed by atoms with Crippen LogP contribution in [0.5, 0.6) is 0 Å². The van der Waals surface area contributed by atoms with Crippen molar-refractivity contribution >= 4 is 22.6 Å². The summed E-state index contributed by atoms with van der Waals surface area (Å²) in [5.74, 6) is 0.499. The monoisotopic (exact) mass is 286 g/mol. The number of hydrogen-bond acceptors (Lipinski definition) is 3. The molecule has 0 aromatic rings. The van der Waals surface area contributed by atoms with Crippen LogP contribution in [0.3, 0.4) is 0 Å². The number of nitrogens with zero attached hydrogens (tertiary/aromatic N) is 2. The van der Waals surface area contributed by atoms with Crippen molar-refractivity contribution in [2.75, 3.05) is 18.6 Å². The zero-order valence-electron chi connectivity index (χ0n) is 11.8. The Bertz CT molecular complexity index is 413. The van der Waals surface area contributed by atoms with Gasteiger partial charge in [0.2, 0.25) is 11.8 Å². The Morgan fingerprint density at radius 1 is 1.32 bits per heavy atom. The zero-order chi connectivity index (χ0) is 14.2. The molecular weight excluding hydrogens is 264 g/mol. The van der Waals surface area contributed by atoms with Gasteiger partial charge in [-0.3, -0.25) is 13.8 Å². The van der Waals surface area contributed by atoms with E-state index < -0.39 is 16.8 Å². The Hall–Kier alpha value is -0.910. The second-order valence-electron chi connectivity index (χ2n) is 5.55. The van der Waals surface area contributed by atoms with E-state index in [1.165, 1.54) is 0 Å². The molecule has 2 saturated heterocycles. The van der Waals surface area contributed by atoms with Crippen LogP contribution in [0.25, 0.3) is 0 Å². The predicted molar refractivity (Wildman–Crippen MR) is 74.1 cm³/mol. The maximum Gasteiger partial charge on any atom is 0.246 e. The lowest BCUT2D eigenvalue weighted by Crippen LogP contribution is -2.67. The van der Waals surface area contributed by atoms with Crippen molar-refractivity contribution < 1.29 is 13.8 Å². The zero-order valence-corrected chi connectivity index (χ0v) is 12.6. The number of piperazine rings is 1. The molecule has 0 spiro atoms. The van der Waals surface area contributed by atoms with Crippen LogP contribution in [0.1, 0.15) is 33.1 Å². The van der Waals surface area contributed by atoms with Crippen LogP contribution in [0.4, 0.5) is 0 Å². The number of amides is 2. The van der Waals surface area contributed by atoms with E-state index in [0.29, 0.717) is 12.3 Å². The van der Waals surface area contributed by atoms with E-state index in [-0.39, 0.29) is 23.9 Å². The molecule has 2 amide bonds. The first kappa shape index (κ1) is 14.5. The number of hydrogen-bond donors (Lipinski definition) is 0. The van der Waals surface area contributed by atoms with Gasteiger partial charge in [0.25, 0.3) is 0 Å². The molecule has 2 rings (SSSR count). The van der Waals surface area contributed by atoms with Crippen molar-refractivity contribution in [1.82, 2.24) is 9.80 Å². The third kappa shape index (κ3) is 2.68. The van der Waals surface area contributed by atoms with E-state index >= 15 is 0 Å². The molecule has 0 bridgehead atoms. The lowest BCUT2D eigenvalue weighted by atomic mass is 9.95. The van der Waals surface area contributed by atoms with Crippen LogP contribution in [0, 0.1) is 0 Å². The largest absolute Gasteiger partial charge is 0.329 e. The third-order valence-electron chi connectivity index (χ3n) is 4.05. The quantitative estimate of drug-likeness (QED) is 0.753. The third-order valence-corrected chi connectivity index (χ3v) is 5.00. The van der Waals surface area contributed by atoms with Gasteiger partial charge in [-0.05, 0) is 33.1 Å². The molecule has 2 heterocycles. The van der Waals surface area contributed by atoms with Crippen LogP contribution in [0.2, 0.25) is 0 Å². The van der Waals surface area contributed by atoms with Gasteiger partial charge >= 0.3 is 0 Å². The van der Waals surface area contributed by atoms with Crippen LogP contribution < -0.4 is 0 Å². The number of fused-ring (bicyclic) bond motifs is 1. The number of carbonyl (C=O) groups excluding carboxylic acids is 2. The van der Waals surface area contributed by atoms with E-state index in [2.05, 4.69) is 0 Å². The van der Waals surface area contributed by atoms with Gasteiger partial charge in [0, 0.05) is 35.4 Å². The molecule has 2 fully saturated rings. The van der Waals surface area contributed by atoms with Gasteiger partial charge < -0.3 is 9.80 Å². The number of piperidine rings is 1. The second-order valence-corrected chi connectivity index (χ2v) is 7.03. The topological polar surface area (TPSA) is 57.7 Å². The summed E-state index contributed by atoms with van der Waals surface area (Å²) >= 11 is 0. The standard InChI is InChI=1S/C13H22N2O3S/c1-9(8-19(3)18)15-10(2)12(16)14-7-5-4-6-11(14)13(15)17/h9-11H,4-8H2,1-3H3. The molecule has 4 atom stereocenters. The normalized spacial score (nSPS) is 31.1. The maximum absolute atomic E-state index is 12.6. The first-order valence-electron chi connectivity index (χ1n) is 6.86. The minimum Gasteiger partial charge on any atom is -0.329 e. The Kier molecular flexibility index (Phi) is 4.28. The fraction of sp³-hybridized carbons (Fsp3) is 0.846. The van der Waals surface area contributed by atoms with Gasteiger partial charge in [-0.25, -0.2) is 0 Å². The summed E-state index contributed by atoms with van der Waals surface area (Å²) in [6.07, 6.45) is 4.37. The average molecular weight is 286 g/mol. The van der Waals surface area contributed by atoms with Gasteiger partial charge in [0.1, 0.15) is 12.1 Å². The average Bonchev–Trinajstić information content (AvgIpc) is 2.35. The first-order chi connectivity index (χ1) is 8.93. The molecule has 0 aromatic heterocycles. The summed E-state index contributed by atoms with van der Waals surface area (Å²) in [5, 5.41) is 0. The smallest absolute Gasteiger partial charge is 0.246 e. The van der Waals surface area contributed by atoms with Crippen molar-refractivity contribution in [2.45, 2.75) is 51.2 Å². The summed E-state index contributed by atoms with van der Waals surface area (Å²) in [6.45, 7) is 4.35. The van der Waals surface area contributed by atoms with Gasteiger partial charge in [-0.2, -0.15) is 0 Å². The fourth-order valence-electron chi connectivity index (χ4n) is 3.19. The minimum atomic E-state index is -0.967. The van der Waals surface area contributed by atoms with Crippen molar-refractivity contribution in [3.05, 3.63) is 0 Å². The fourth-order valence-corrected chi connectivity index (χ4v) is 4.03. The Balaban J connectivity index is 2.21. The summed E-state index contributed by atoms with van der Waals surface area (Å²) < 4.78 is 11.4. The van der Waals surface area contributed by atoms with Crippen molar-refractivity contribution in [1.29, 1.82) is 0 Å². The Labute approximate surface area is 116 Å². The maximum atomic E-state index is 12.6. The molecule has 0 saturated carbocycles. The molecule has 0 aromatic carbocycles. The van der Waals surface area contributed by atoms with Crippen LogP contribution in [-0.4, -0.2) is 62.5 Å². The van der Waals surface area contributed by atoms with Crippen LogP contribution >= 0.6 is 0 Å². The molecule has 4 unspecified atom stereocenters. The summed E-state index contributed by atoms with van der Waals surface area (Å²) in [5.41, 5.74) is 0. The molecule has 2 aliphatic heterocycles. The van der Waals surface area contributed by atoms with Gasteiger partial charge in [-0.1, -0.05) is 0 Å². The minimum absolute atomic E-state index is 0.0322. The molecule has 6 heteroatoms. The summed E-state index contributed by atoms with van der Waals surface area (Å²) in [7, 11) is -0.967. The lowest BCUT2D eigenvalue weighted by Gasteiger charge is -2.48. The molecule has 19 heavy (non-hydrogen) atoms. The second kappa shape index (κ2) is 5.61. The first-order valence-corrected chi connectivity index (χ1v) is 8.59. The van der Waals surface area contributed by atoms with Crippen molar-refractivity contribution in [2.24, 2.45) is 0 Å². The van der Waals surface area contributed by atoms with E-state index in [0.717, 1.165) is 19.3 Å². The summed E-state index contributed by atoms with van der Waals surface area (Å²) in [6, 6.07) is -0.869. The highest BCUT2D eigenvalue weighted by molar-refractivity contribution is 7.84. The van der Waals surface area contributed by atoms with Crippen LogP contribution in [-0.2, 0) is 20.4 Å². The highest BCUT2D eigenvalue weighted by Crippen LogP contribution is 2.27. The van der Waals surface area contributed by atoms with Crippen molar-refractivity contribution in [3.8, 4) is 0 Å². The summed E-state index contributed by atoms with van der Waals surface area (Å²) in [4.78, 5) is 28.3. The van der Waals surface area contributed by atoms with Gasteiger partial charge in [0.15, 0.2) is 0 Å². The SMILES string of the molecule is CC(CS(C)=O)N1C(=O)C2CCCCN2C(=O)C1C. The lowest BCUT2D eigenvalue weighted by molar-refractivity contribution is -0.164. The Morgan fingerprint density at radius 2 is 2.00 bits per heavy atom. The van der Waals surface area contributed by atoms with E-state index in [4.69, 9.17) is 0 Å². The van der Waals surface area contributed by atoms with Gasteiger partial charge in [-0.15, -0.1) is 0 Å². The molecule has 0 N–H and O–H groups in total. The van der Waals surface area contributed by atoms with E-state index in [1.807, 2.05) is 6.92 Å². The van der Waals surface area contributed by atoms with E-state index in [9.17, 15) is 13.8 Å². The molecule has 5 nitrogen and oxygen atoms in total. The number of rotatable bonds is 3. The highest BCUT2D eigenvalue weighted by atomic mass is 32.2. The van der Waals surface area contributed by atoms with Gasteiger partial charge in [0.05, 0.1) is 0 Å². The van der Waals surface area contributed by atoms with Crippen molar-refractivity contribution in [3.63, 3.8) is 0 Å². The predicted octanol–water partition coefficient (Wildman–Crippen LogP) is 0.365. The van der Waals surface area contributed by atoms with E-state index in [1.54, 1.807) is 23.0 Å². The number of carbonyl (C=O) groups is 2. The Morgan fingerprint density at radius 3 is 2.63 bits per heavy atom. The molecule has 108 valence electrons. The molecule has 2 aliphatic rings. The molecule has 0 radical (unpaired) electrons. The molecule has 0 aliphatic carbocycles.